The Kier molecular flexibility index (Phi) is 12.2. The fourth-order valence-corrected chi connectivity index (χ4v) is 2.74. The molecule has 0 aliphatic heterocycles. The van der Waals surface area contributed by atoms with Crippen LogP contribution in [0.5, 0.6) is 5.75 Å². The molecule has 4 nitrogen and oxygen atoms in total. The number of carbonyl (C=O) groups is 1. The van der Waals surface area contributed by atoms with E-state index in [0.29, 0.717) is 6.42 Å². The van der Waals surface area contributed by atoms with Crippen LogP contribution in [-0.4, -0.2) is 12.5 Å². The summed E-state index contributed by atoms with van der Waals surface area (Å²) in [5, 5.41) is 2.95. The van der Waals surface area contributed by atoms with Crippen molar-refractivity contribution in [2.45, 2.75) is 58.4 Å². The molecule has 1 aromatic carbocycles. The minimum absolute atomic E-state index is 0. The summed E-state index contributed by atoms with van der Waals surface area (Å²) >= 11 is 0. The Morgan fingerprint density at radius 1 is 0.963 bits per heavy atom. The molecule has 1 heterocycles. The molecule has 0 spiro atoms. The van der Waals surface area contributed by atoms with Gasteiger partial charge in [-0.2, -0.15) is 0 Å². The van der Waals surface area contributed by atoms with Gasteiger partial charge < -0.3 is 27.0 Å². The zero-order valence-corrected chi connectivity index (χ0v) is 17.8. The van der Waals surface area contributed by atoms with Crippen LogP contribution in [0.15, 0.2) is 54.9 Å². The zero-order valence-electron chi connectivity index (χ0n) is 16.2. The lowest BCUT2D eigenvalue weighted by atomic mass is 10.2. The number of rotatable bonds is 12. The smallest absolute Gasteiger partial charge is 0.224 e. The predicted octanol–water partition coefficient (Wildman–Crippen LogP) is 1.75. The molecule has 0 atom stereocenters. The molecule has 1 aromatic heterocycles. The monoisotopic (exact) mass is 434 g/mol. The number of unbranched alkanes of at least 4 members (excludes halogenated alkanes) is 4. The number of amides is 1. The summed E-state index contributed by atoms with van der Waals surface area (Å²) < 4.78 is 7.86. The summed E-state index contributed by atoms with van der Waals surface area (Å²) in [6, 6.07) is 13.7. The van der Waals surface area contributed by atoms with E-state index in [1.54, 1.807) is 0 Å². The van der Waals surface area contributed by atoms with E-state index in [2.05, 4.69) is 16.8 Å². The first kappa shape index (κ1) is 23.2. The summed E-state index contributed by atoms with van der Waals surface area (Å²) in [6.45, 7) is 3.90. The van der Waals surface area contributed by atoms with Gasteiger partial charge in [0.25, 0.3) is 0 Å². The molecule has 2 rings (SSSR count). The number of halogens is 1. The molecule has 0 saturated heterocycles. The molecule has 0 saturated carbocycles. The molecule has 27 heavy (non-hydrogen) atoms. The third-order valence-corrected chi connectivity index (χ3v) is 4.25. The minimum Gasteiger partial charge on any atom is -1.00 e. The Hall–Kier alpha value is -1.88. The molecule has 0 aliphatic rings. The van der Waals surface area contributed by atoms with E-state index in [1.807, 2.05) is 54.9 Å². The van der Waals surface area contributed by atoms with Crippen molar-refractivity contribution in [2.75, 3.05) is 11.9 Å². The fraction of sp³-hybridized carbons (Fsp3) is 0.455. The summed E-state index contributed by atoms with van der Waals surface area (Å²) in [5.74, 6) is 0.927. The van der Waals surface area contributed by atoms with Crippen LogP contribution in [0.1, 0.15) is 51.9 Å². The van der Waals surface area contributed by atoms with Gasteiger partial charge in [-0.1, -0.05) is 32.3 Å². The van der Waals surface area contributed by atoms with Gasteiger partial charge in [0.1, 0.15) is 12.3 Å². The quantitative estimate of drug-likeness (QED) is 0.408. The van der Waals surface area contributed by atoms with Crippen molar-refractivity contribution in [3.63, 3.8) is 0 Å². The van der Waals surface area contributed by atoms with Crippen LogP contribution in [0.25, 0.3) is 0 Å². The van der Waals surface area contributed by atoms with Crippen molar-refractivity contribution in [1.29, 1.82) is 0 Å². The standard InChI is InChI=1S/C22H30N2O2.BrH/c1-2-3-4-10-19-26-21-14-12-20(13-15-21)23-22(25)11-6-9-18-24-16-7-5-8-17-24;/h5,7-8,12-17H,2-4,6,9-11,18-19H2,1H3;1H. The van der Waals surface area contributed by atoms with Crippen LogP contribution >= 0.6 is 0 Å². The second kappa shape index (κ2) is 14.2. The number of carbonyl (C=O) groups excluding carboxylic acids is 1. The maximum Gasteiger partial charge on any atom is 0.224 e. The number of ether oxygens (including phenoxy) is 1. The predicted molar refractivity (Wildman–Crippen MR) is 105 cm³/mol. The number of hydrogen-bond acceptors (Lipinski definition) is 2. The molecule has 5 heteroatoms. The average Bonchev–Trinajstić information content (AvgIpc) is 2.67. The second-order valence-electron chi connectivity index (χ2n) is 6.55. The second-order valence-corrected chi connectivity index (χ2v) is 6.55. The van der Waals surface area contributed by atoms with Gasteiger partial charge in [-0.05, 0) is 37.1 Å². The molecule has 2 aromatic rings. The molecule has 0 aliphatic carbocycles. The number of aryl methyl sites for hydroxylation is 1. The van der Waals surface area contributed by atoms with Gasteiger partial charge in [-0.25, -0.2) is 4.57 Å². The summed E-state index contributed by atoms with van der Waals surface area (Å²) in [7, 11) is 0. The van der Waals surface area contributed by atoms with Gasteiger partial charge in [0, 0.05) is 30.7 Å². The van der Waals surface area contributed by atoms with E-state index in [-0.39, 0.29) is 22.9 Å². The first-order valence-corrected chi connectivity index (χ1v) is 9.74. The maximum absolute atomic E-state index is 12.0. The van der Waals surface area contributed by atoms with Crippen molar-refractivity contribution >= 4 is 11.6 Å². The van der Waals surface area contributed by atoms with Crippen LogP contribution < -0.4 is 31.6 Å². The third-order valence-electron chi connectivity index (χ3n) is 4.25. The number of pyridine rings is 1. The molecule has 0 bridgehead atoms. The molecule has 0 fully saturated rings. The van der Waals surface area contributed by atoms with Crippen molar-refractivity contribution in [2.24, 2.45) is 0 Å². The van der Waals surface area contributed by atoms with Crippen molar-refractivity contribution < 1.29 is 31.1 Å². The van der Waals surface area contributed by atoms with Crippen LogP contribution in [0.2, 0.25) is 0 Å². The number of nitrogens with one attached hydrogen (secondary N) is 1. The lowest BCUT2D eigenvalue weighted by Crippen LogP contribution is -3.00. The Morgan fingerprint density at radius 2 is 1.70 bits per heavy atom. The highest BCUT2D eigenvalue weighted by Crippen LogP contribution is 2.16. The van der Waals surface area contributed by atoms with Gasteiger partial charge in [0.2, 0.25) is 5.91 Å². The molecule has 1 amide bonds. The molecular formula is C22H31BrN2O2. The normalized spacial score (nSPS) is 10.1. The summed E-state index contributed by atoms with van der Waals surface area (Å²) in [5.41, 5.74) is 0.825. The largest absolute Gasteiger partial charge is 1.00 e. The Labute approximate surface area is 173 Å². The van der Waals surface area contributed by atoms with Gasteiger partial charge in [0.05, 0.1) is 6.61 Å². The van der Waals surface area contributed by atoms with Crippen LogP contribution in [0, 0.1) is 0 Å². The molecular weight excluding hydrogens is 404 g/mol. The van der Waals surface area contributed by atoms with Gasteiger partial charge in [-0.3, -0.25) is 4.79 Å². The van der Waals surface area contributed by atoms with Crippen LogP contribution in [0.3, 0.4) is 0 Å². The van der Waals surface area contributed by atoms with Crippen molar-refractivity contribution in [3.8, 4) is 5.75 Å². The molecule has 0 unspecified atom stereocenters. The van der Waals surface area contributed by atoms with E-state index < -0.39 is 0 Å². The Balaban J connectivity index is 0.00000364. The van der Waals surface area contributed by atoms with E-state index >= 15 is 0 Å². The number of benzene rings is 1. The lowest BCUT2D eigenvalue weighted by Gasteiger charge is -2.08. The van der Waals surface area contributed by atoms with E-state index in [4.69, 9.17) is 4.74 Å². The molecule has 1 N–H and O–H groups in total. The number of nitrogens with zero attached hydrogens (tertiary/aromatic N) is 1. The van der Waals surface area contributed by atoms with Gasteiger partial charge in [0.15, 0.2) is 12.4 Å². The average molecular weight is 435 g/mol. The molecule has 0 radical (unpaired) electrons. The maximum atomic E-state index is 12.0. The Morgan fingerprint density at radius 3 is 2.41 bits per heavy atom. The highest BCUT2D eigenvalue weighted by molar-refractivity contribution is 5.90. The first-order chi connectivity index (χ1) is 12.8. The first-order valence-electron chi connectivity index (χ1n) is 9.74. The van der Waals surface area contributed by atoms with E-state index in [0.717, 1.165) is 43.9 Å². The van der Waals surface area contributed by atoms with Crippen molar-refractivity contribution in [3.05, 3.63) is 54.9 Å². The number of hydrogen-bond donors (Lipinski definition) is 1. The van der Waals surface area contributed by atoms with Crippen LogP contribution in [-0.2, 0) is 11.3 Å². The topological polar surface area (TPSA) is 42.2 Å². The SMILES string of the molecule is CCCCCCOc1ccc(NC(=O)CCCC[n+]2ccccc2)cc1.[Br-]. The third kappa shape index (κ3) is 10.1. The fourth-order valence-electron chi connectivity index (χ4n) is 2.74. The van der Waals surface area contributed by atoms with Gasteiger partial charge >= 0.3 is 0 Å². The van der Waals surface area contributed by atoms with Gasteiger partial charge in [-0.15, -0.1) is 0 Å². The minimum atomic E-state index is 0. The van der Waals surface area contributed by atoms with Crippen molar-refractivity contribution in [1.82, 2.24) is 0 Å². The molecule has 148 valence electrons. The highest BCUT2D eigenvalue weighted by atomic mass is 79.9. The Bertz CT molecular complexity index is 633. The summed E-state index contributed by atoms with van der Waals surface area (Å²) in [4.78, 5) is 12.0. The van der Waals surface area contributed by atoms with Crippen LogP contribution in [0.4, 0.5) is 5.69 Å². The van der Waals surface area contributed by atoms with E-state index in [9.17, 15) is 4.79 Å². The summed E-state index contributed by atoms with van der Waals surface area (Å²) in [6.07, 6.45) is 11.3. The number of anilines is 1. The van der Waals surface area contributed by atoms with E-state index in [1.165, 1.54) is 19.3 Å². The highest BCUT2D eigenvalue weighted by Gasteiger charge is 2.04. The lowest BCUT2D eigenvalue weighted by molar-refractivity contribution is -0.697. The number of aromatic nitrogens is 1. The zero-order chi connectivity index (χ0) is 18.5.